The molecule has 0 aromatic rings. The molecule has 2 fully saturated rings. The summed E-state index contributed by atoms with van der Waals surface area (Å²) in [5, 5.41) is 2.66. The minimum Gasteiger partial charge on any atom is -0.358 e. The van der Waals surface area contributed by atoms with Crippen LogP contribution in [0.2, 0.25) is 0 Å². The Morgan fingerprint density at radius 2 is 2.33 bits per heavy atom. The van der Waals surface area contributed by atoms with Crippen LogP contribution >= 0.6 is 11.6 Å². The van der Waals surface area contributed by atoms with E-state index in [9.17, 15) is 4.79 Å². The maximum atomic E-state index is 11.5. The van der Waals surface area contributed by atoms with Crippen molar-refractivity contribution >= 4 is 17.5 Å². The first kappa shape index (κ1) is 8.36. The molecule has 12 heavy (non-hydrogen) atoms. The lowest BCUT2D eigenvalue weighted by Crippen LogP contribution is -2.44. The summed E-state index contributed by atoms with van der Waals surface area (Å²) in [7, 11) is 1.67. The molecule has 2 aliphatic rings. The molecule has 2 aliphatic carbocycles. The molecule has 0 aliphatic heterocycles. The molecule has 2 nitrogen and oxygen atoms in total. The van der Waals surface area contributed by atoms with Gasteiger partial charge in [-0.15, -0.1) is 11.6 Å². The first-order chi connectivity index (χ1) is 5.66. The number of hydrogen-bond donors (Lipinski definition) is 1. The van der Waals surface area contributed by atoms with Gasteiger partial charge in [0.15, 0.2) is 0 Å². The Balaban J connectivity index is 2.17. The van der Waals surface area contributed by atoms with Gasteiger partial charge >= 0.3 is 0 Å². The van der Waals surface area contributed by atoms with Crippen LogP contribution in [0.3, 0.4) is 0 Å². The fraction of sp³-hybridized carbons (Fsp3) is 0.889. The number of rotatable bonds is 1. The maximum absolute atomic E-state index is 11.5. The Kier molecular flexibility index (Phi) is 1.83. The third kappa shape index (κ3) is 0.972. The van der Waals surface area contributed by atoms with Crippen molar-refractivity contribution in [2.75, 3.05) is 7.05 Å². The number of fused-ring (bicyclic) bond motifs is 2. The second-order valence-corrected chi connectivity index (χ2v) is 4.70. The van der Waals surface area contributed by atoms with Crippen LogP contribution in [0.4, 0.5) is 0 Å². The van der Waals surface area contributed by atoms with Crippen LogP contribution in [0.15, 0.2) is 0 Å². The number of amides is 1. The SMILES string of the molecule is CNC(=O)[C@@]1(Cl)C[C@H]2CC[C@@H]1C2. The molecular weight excluding hydrogens is 174 g/mol. The highest BCUT2D eigenvalue weighted by molar-refractivity contribution is 6.35. The van der Waals surface area contributed by atoms with Gasteiger partial charge in [0, 0.05) is 7.05 Å². The smallest absolute Gasteiger partial charge is 0.241 e. The van der Waals surface area contributed by atoms with Crippen molar-refractivity contribution in [1.29, 1.82) is 0 Å². The van der Waals surface area contributed by atoms with Gasteiger partial charge in [0.05, 0.1) is 0 Å². The summed E-state index contributed by atoms with van der Waals surface area (Å²) >= 11 is 6.31. The average Bonchev–Trinajstić information content (AvgIpc) is 2.62. The number of alkyl halides is 1. The van der Waals surface area contributed by atoms with Crippen molar-refractivity contribution < 1.29 is 4.79 Å². The van der Waals surface area contributed by atoms with Gasteiger partial charge in [-0.1, -0.05) is 6.42 Å². The molecule has 3 heteroatoms. The number of halogens is 1. The van der Waals surface area contributed by atoms with Gasteiger partial charge < -0.3 is 5.32 Å². The van der Waals surface area contributed by atoms with Crippen molar-refractivity contribution in [2.45, 2.75) is 30.6 Å². The zero-order valence-electron chi connectivity index (χ0n) is 7.27. The molecule has 0 saturated heterocycles. The van der Waals surface area contributed by atoms with E-state index in [1.807, 2.05) is 0 Å². The summed E-state index contributed by atoms with van der Waals surface area (Å²) in [6.45, 7) is 0. The second kappa shape index (κ2) is 2.63. The van der Waals surface area contributed by atoms with Crippen molar-refractivity contribution in [1.82, 2.24) is 5.32 Å². The molecule has 0 unspecified atom stereocenters. The van der Waals surface area contributed by atoms with Crippen LogP contribution in [0.5, 0.6) is 0 Å². The molecule has 0 aromatic carbocycles. The largest absolute Gasteiger partial charge is 0.358 e. The van der Waals surface area contributed by atoms with Gasteiger partial charge in [-0.2, -0.15) is 0 Å². The summed E-state index contributed by atoms with van der Waals surface area (Å²) in [5.74, 6) is 1.17. The van der Waals surface area contributed by atoms with Crippen LogP contribution < -0.4 is 5.32 Å². The Bertz CT molecular complexity index is 219. The number of carbonyl (C=O) groups is 1. The molecular formula is C9H14ClNO. The Labute approximate surface area is 77.7 Å². The summed E-state index contributed by atoms with van der Waals surface area (Å²) in [4.78, 5) is 10.9. The lowest BCUT2D eigenvalue weighted by molar-refractivity contribution is -0.124. The Morgan fingerprint density at radius 1 is 1.58 bits per heavy atom. The molecule has 2 bridgehead atoms. The summed E-state index contributed by atoms with van der Waals surface area (Å²) in [6.07, 6.45) is 4.47. The van der Waals surface area contributed by atoms with E-state index < -0.39 is 4.87 Å². The first-order valence-electron chi connectivity index (χ1n) is 4.58. The fourth-order valence-corrected chi connectivity index (χ4v) is 3.26. The highest BCUT2D eigenvalue weighted by Crippen LogP contribution is 2.54. The molecule has 1 amide bonds. The van der Waals surface area contributed by atoms with Crippen molar-refractivity contribution in [3.8, 4) is 0 Å². The van der Waals surface area contributed by atoms with Crippen LogP contribution in [0.25, 0.3) is 0 Å². The highest BCUT2D eigenvalue weighted by Gasteiger charge is 2.54. The van der Waals surface area contributed by atoms with Gasteiger partial charge in [0.1, 0.15) is 4.87 Å². The number of hydrogen-bond acceptors (Lipinski definition) is 1. The van der Waals surface area contributed by atoms with Crippen LogP contribution in [-0.4, -0.2) is 17.8 Å². The van der Waals surface area contributed by atoms with Crippen LogP contribution in [-0.2, 0) is 4.79 Å². The molecule has 0 aromatic heterocycles. The molecule has 68 valence electrons. The van der Waals surface area contributed by atoms with E-state index >= 15 is 0 Å². The second-order valence-electron chi connectivity index (χ2n) is 4.02. The zero-order valence-corrected chi connectivity index (χ0v) is 8.03. The van der Waals surface area contributed by atoms with Crippen molar-refractivity contribution in [3.63, 3.8) is 0 Å². The Morgan fingerprint density at radius 3 is 2.75 bits per heavy atom. The van der Waals surface area contributed by atoms with E-state index in [4.69, 9.17) is 11.6 Å². The average molecular weight is 188 g/mol. The summed E-state index contributed by atoms with van der Waals surface area (Å²) < 4.78 is 0. The van der Waals surface area contributed by atoms with Crippen LogP contribution in [0, 0.1) is 11.8 Å². The van der Waals surface area contributed by atoms with E-state index in [1.54, 1.807) is 7.05 Å². The quantitative estimate of drug-likeness (QED) is 0.620. The highest BCUT2D eigenvalue weighted by atomic mass is 35.5. The summed E-state index contributed by atoms with van der Waals surface area (Å²) in [6, 6.07) is 0. The lowest BCUT2D eigenvalue weighted by Gasteiger charge is -2.29. The molecule has 3 atom stereocenters. The van der Waals surface area contributed by atoms with Gasteiger partial charge in [-0.05, 0) is 31.1 Å². The standard InChI is InChI=1S/C9H14ClNO/c1-11-8(12)9(10)5-6-2-3-7(9)4-6/h6-7H,2-5H2,1H3,(H,11,12)/t6-,7+,9+/m0/s1. The molecule has 2 rings (SSSR count). The van der Waals surface area contributed by atoms with Gasteiger partial charge in [0.25, 0.3) is 0 Å². The monoisotopic (exact) mass is 187 g/mol. The van der Waals surface area contributed by atoms with Gasteiger partial charge in [-0.3, -0.25) is 4.79 Å². The van der Waals surface area contributed by atoms with E-state index in [0.717, 1.165) is 19.3 Å². The third-order valence-corrected chi connectivity index (χ3v) is 4.01. The molecule has 0 heterocycles. The maximum Gasteiger partial charge on any atom is 0.241 e. The zero-order chi connectivity index (χ0) is 8.77. The normalized spacial score (nSPS) is 44.8. The van der Waals surface area contributed by atoms with E-state index in [0.29, 0.717) is 11.8 Å². The van der Waals surface area contributed by atoms with Crippen molar-refractivity contribution in [3.05, 3.63) is 0 Å². The van der Waals surface area contributed by atoms with Crippen molar-refractivity contribution in [2.24, 2.45) is 11.8 Å². The van der Waals surface area contributed by atoms with Gasteiger partial charge in [-0.25, -0.2) is 0 Å². The van der Waals surface area contributed by atoms with E-state index in [1.165, 1.54) is 6.42 Å². The third-order valence-electron chi connectivity index (χ3n) is 3.38. The summed E-state index contributed by atoms with van der Waals surface area (Å²) in [5.41, 5.74) is 0. The number of carbonyl (C=O) groups excluding carboxylic acids is 1. The first-order valence-corrected chi connectivity index (χ1v) is 4.95. The van der Waals surface area contributed by atoms with Gasteiger partial charge in [0.2, 0.25) is 5.91 Å². The molecule has 2 saturated carbocycles. The molecule has 0 radical (unpaired) electrons. The predicted octanol–water partition coefficient (Wildman–Crippen LogP) is 1.53. The molecule has 1 N–H and O–H groups in total. The fourth-order valence-electron chi connectivity index (χ4n) is 2.75. The minimum atomic E-state index is -0.558. The minimum absolute atomic E-state index is 0.0244. The molecule has 0 spiro atoms. The topological polar surface area (TPSA) is 29.1 Å². The predicted molar refractivity (Wildman–Crippen MR) is 48.1 cm³/mol. The van der Waals surface area contributed by atoms with E-state index in [2.05, 4.69) is 5.32 Å². The lowest BCUT2D eigenvalue weighted by atomic mass is 9.87. The number of nitrogens with one attached hydrogen (secondary N) is 1. The van der Waals surface area contributed by atoms with E-state index in [-0.39, 0.29) is 5.91 Å². The van der Waals surface area contributed by atoms with Crippen LogP contribution in [0.1, 0.15) is 25.7 Å². The Hall–Kier alpha value is -0.240.